The molecule has 0 radical (unpaired) electrons. The fourth-order valence-corrected chi connectivity index (χ4v) is 1.48. The molecule has 14 heavy (non-hydrogen) atoms. The van der Waals surface area contributed by atoms with E-state index in [0.717, 1.165) is 5.56 Å². The molecule has 1 saturated heterocycles. The van der Waals surface area contributed by atoms with Crippen LogP contribution in [0.3, 0.4) is 0 Å². The molecule has 0 unspecified atom stereocenters. The Hall–Kier alpha value is -1.71. The fraction of sp³-hybridized carbons (Fsp3) is 0.300. The van der Waals surface area contributed by atoms with Gasteiger partial charge in [0, 0.05) is 31.9 Å². The van der Waals surface area contributed by atoms with E-state index in [4.69, 9.17) is 0 Å². The summed E-state index contributed by atoms with van der Waals surface area (Å²) in [6.07, 6.45) is 3.73. The van der Waals surface area contributed by atoms with Crippen LogP contribution in [0.1, 0.15) is 12.0 Å². The number of hydrogen-bond acceptors (Lipinski definition) is 3. The van der Waals surface area contributed by atoms with Crippen LogP contribution in [-0.4, -0.2) is 28.1 Å². The molecule has 2 heterocycles. The van der Waals surface area contributed by atoms with Crippen LogP contribution < -0.4 is 0 Å². The third kappa shape index (κ3) is 1.64. The molecular formula is C10H10N2O2. The predicted molar refractivity (Wildman–Crippen MR) is 49.3 cm³/mol. The largest absolute Gasteiger partial charge is 0.331 e. The molecule has 0 N–H and O–H groups in total. The molecule has 0 spiro atoms. The monoisotopic (exact) mass is 190 g/mol. The van der Waals surface area contributed by atoms with Gasteiger partial charge in [-0.15, -0.1) is 0 Å². The highest BCUT2D eigenvalue weighted by molar-refractivity contribution is 6.37. The SMILES string of the molecule is O=C1CCN(Cc2cccnc2)C1=O. The van der Waals surface area contributed by atoms with Gasteiger partial charge in [0.05, 0.1) is 0 Å². The summed E-state index contributed by atoms with van der Waals surface area (Å²) in [5, 5.41) is 0. The van der Waals surface area contributed by atoms with Crippen LogP contribution in [0.2, 0.25) is 0 Å². The van der Waals surface area contributed by atoms with Crippen LogP contribution in [-0.2, 0) is 16.1 Å². The Kier molecular flexibility index (Phi) is 2.26. The summed E-state index contributed by atoms with van der Waals surface area (Å²) in [4.78, 5) is 27.7. The Labute approximate surface area is 81.6 Å². The second-order valence-electron chi connectivity index (χ2n) is 3.26. The summed E-state index contributed by atoms with van der Waals surface area (Å²) in [7, 11) is 0. The maximum atomic E-state index is 11.3. The van der Waals surface area contributed by atoms with Crippen molar-refractivity contribution < 1.29 is 9.59 Å². The van der Waals surface area contributed by atoms with Gasteiger partial charge >= 0.3 is 0 Å². The smallest absolute Gasteiger partial charge is 0.290 e. The highest BCUT2D eigenvalue weighted by Crippen LogP contribution is 2.10. The standard InChI is InChI=1S/C10H10N2O2/c13-9-3-5-12(10(9)14)7-8-2-1-4-11-6-8/h1-2,4,6H,3,5,7H2. The Balaban J connectivity index is 2.06. The molecule has 0 saturated carbocycles. The Bertz CT molecular complexity index is 362. The highest BCUT2D eigenvalue weighted by Gasteiger charge is 2.28. The van der Waals surface area contributed by atoms with Gasteiger partial charge < -0.3 is 4.90 Å². The summed E-state index contributed by atoms with van der Waals surface area (Å²) in [5.41, 5.74) is 0.954. The summed E-state index contributed by atoms with van der Waals surface area (Å²) < 4.78 is 0. The highest BCUT2D eigenvalue weighted by atomic mass is 16.2. The van der Waals surface area contributed by atoms with Crippen LogP contribution in [0.5, 0.6) is 0 Å². The van der Waals surface area contributed by atoms with E-state index in [0.29, 0.717) is 19.5 Å². The van der Waals surface area contributed by atoms with E-state index in [2.05, 4.69) is 4.98 Å². The maximum absolute atomic E-state index is 11.3. The summed E-state index contributed by atoms with van der Waals surface area (Å²) in [5.74, 6) is -0.650. The van der Waals surface area contributed by atoms with Gasteiger partial charge in [-0.3, -0.25) is 14.6 Å². The normalized spacial score (nSPS) is 16.4. The van der Waals surface area contributed by atoms with Gasteiger partial charge in [0.1, 0.15) is 0 Å². The maximum Gasteiger partial charge on any atom is 0.290 e. The average molecular weight is 190 g/mol. The van der Waals surface area contributed by atoms with Crippen molar-refractivity contribution in [3.8, 4) is 0 Å². The molecule has 4 heteroatoms. The third-order valence-corrected chi connectivity index (χ3v) is 2.23. The topological polar surface area (TPSA) is 50.3 Å². The number of hydrogen-bond donors (Lipinski definition) is 0. The van der Waals surface area contributed by atoms with Crippen LogP contribution in [0.25, 0.3) is 0 Å². The lowest BCUT2D eigenvalue weighted by molar-refractivity contribution is -0.140. The van der Waals surface area contributed by atoms with Crippen LogP contribution in [0.15, 0.2) is 24.5 Å². The first-order chi connectivity index (χ1) is 6.77. The van der Waals surface area contributed by atoms with Crippen molar-refractivity contribution >= 4 is 11.7 Å². The van der Waals surface area contributed by atoms with Crippen molar-refractivity contribution in [1.82, 2.24) is 9.88 Å². The second kappa shape index (κ2) is 3.57. The number of carbonyl (C=O) groups is 2. The quantitative estimate of drug-likeness (QED) is 0.633. The van der Waals surface area contributed by atoms with E-state index in [1.807, 2.05) is 12.1 Å². The van der Waals surface area contributed by atoms with E-state index in [1.54, 1.807) is 17.3 Å². The Morgan fingerprint density at radius 3 is 2.86 bits per heavy atom. The number of ketones is 1. The van der Waals surface area contributed by atoms with Crippen molar-refractivity contribution in [3.63, 3.8) is 0 Å². The summed E-state index contributed by atoms with van der Waals surface area (Å²) >= 11 is 0. The van der Waals surface area contributed by atoms with Gasteiger partial charge in [-0.2, -0.15) is 0 Å². The van der Waals surface area contributed by atoms with Crippen molar-refractivity contribution in [2.24, 2.45) is 0 Å². The van der Waals surface area contributed by atoms with Crippen molar-refractivity contribution in [2.45, 2.75) is 13.0 Å². The number of amides is 1. The first-order valence-electron chi connectivity index (χ1n) is 4.48. The number of likely N-dealkylation sites (tertiary alicyclic amines) is 1. The third-order valence-electron chi connectivity index (χ3n) is 2.23. The van der Waals surface area contributed by atoms with Crippen LogP contribution in [0, 0.1) is 0 Å². The summed E-state index contributed by atoms with van der Waals surface area (Å²) in [6.45, 7) is 1.02. The molecule has 1 amide bonds. The first-order valence-corrected chi connectivity index (χ1v) is 4.48. The molecule has 0 aliphatic carbocycles. The lowest BCUT2D eigenvalue weighted by Gasteiger charge is -2.13. The first kappa shape index (κ1) is 8.87. The van der Waals surface area contributed by atoms with Gasteiger partial charge in [-0.1, -0.05) is 6.07 Å². The van der Waals surface area contributed by atoms with Crippen LogP contribution >= 0.6 is 0 Å². The van der Waals surface area contributed by atoms with Crippen molar-refractivity contribution in [1.29, 1.82) is 0 Å². The average Bonchev–Trinajstić information content (AvgIpc) is 2.52. The molecule has 1 aliphatic rings. The molecule has 1 aromatic heterocycles. The van der Waals surface area contributed by atoms with E-state index < -0.39 is 0 Å². The number of pyridine rings is 1. The molecule has 1 aliphatic heterocycles. The lowest BCUT2D eigenvalue weighted by Crippen LogP contribution is -2.26. The zero-order valence-electron chi connectivity index (χ0n) is 7.64. The zero-order valence-corrected chi connectivity index (χ0v) is 7.64. The van der Waals surface area contributed by atoms with Gasteiger partial charge in [0.15, 0.2) is 0 Å². The van der Waals surface area contributed by atoms with E-state index in [1.165, 1.54) is 0 Å². The van der Waals surface area contributed by atoms with Crippen molar-refractivity contribution in [2.75, 3.05) is 6.54 Å². The Morgan fingerprint density at radius 2 is 2.29 bits per heavy atom. The van der Waals surface area contributed by atoms with E-state index in [-0.39, 0.29) is 11.7 Å². The molecule has 72 valence electrons. The molecule has 0 aromatic carbocycles. The fourth-order valence-electron chi connectivity index (χ4n) is 1.48. The molecule has 1 aromatic rings. The molecular weight excluding hydrogens is 180 g/mol. The van der Waals surface area contributed by atoms with Crippen molar-refractivity contribution in [3.05, 3.63) is 30.1 Å². The lowest BCUT2D eigenvalue weighted by atomic mass is 10.3. The van der Waals surface area contributed by atoms with Gasteiger partial charge in [0.25, 0.3) is 5.91 Å². The van der Waals surface area contributed by atoms with Gasteiger partial charge in [-0.25, -0.2) is 0 Å². The minimum atomic E-state index is -0.367. The van der Waals surface area contributed by atoms with Gasteiger partial charge in [0.2, 0.25) is 5.78 Å². The number of Topliss-reactive ketones (excluding diaryl/α,β-unsaturated/α-hetero) is 1. The molecule has 0 bridgehead atoms. The predicted octanol–water partition coefficient (Wildman–Crippen LogP) is 0.383. The molecule has 2 rings (SSSR count). The second-order valence-corrected chi connectivity index (χ2v) is 3.26. The number of aromatic nitrogens is 1. The molecule has 4 nitrogen and oxygen atoms in total. The zero-order chi connectivity index (χ0) is 9.97. The Morgan fingerprint density at radius 1 is 1.43 bits per heavy atom. The minimum absolute atomic E-state index is 0.283. The molecule has 0 atom stereocenters. The number of carbonyl (C=O) groups excluding carboxylic acids is 2. The number of nitrogens with zero attached hydrogens (tertiary/aromatic N) is 2. The van der Waals surface area contributed by atoms with Crippen LogP contribution in [0.4, 0.5) is 0 Å². The van der Waals surface area contributed by atoms with E-state index >= 15 is 0 Å². The minimum Gasteiger partial charge on any atom is -0.331 e. The van der Waals surface area contributed by atoms with E-state index in [9.17, 15) is 9.59 Å². The van der Waals surface area contributed by atoms with Gasteiger partial charge in [-0.05, 0) is 11.6 Å². The molecule has 1 fully saturated rings. The summed E-state index contributed by atoms with van der Waals surface area (Å²) in [6, 6.07) is 3.71. The number of rotatable bonds is 2.